The summed E-state index contributed by atoms with van der Waals surface area (Å²) in [6, 6.07) is 0.413. The Morgan fingerprint density at radius 2 is 2.17 bits per heavy atom. The fraction of sp³-hybridized carbons (Fsp3) is 0.889. The Hall–Kier alpha value is -0.570. The fourth-order valence-corrected chi connectivity index (χ4v) is 1.63. The number of nitrogens with one attached hydrogen (secondary N) is 1. The normalized spacial score (nSPS) is 29.3. The van der Waals surface area contributed by atoms with Gasteiger partial charge in [-0.25, -0.2) is 0 Å². The number of esters is 1. The van der Waals surface area contributed by atoms with Gasteiger partial charge in [-0.05, 0) is 18.8 Å². The molecule has 0 saturated carbocycles. The van der Waals surface area contributed by atoms with Crippen molar-refractivity contribution in [2.75, 3.05) is 7.11 Å². The molecule has 0 aromatic heterocycles. The molecule has 12 heavy (non-hydrogen) atoms. The minimum absolute atomic E-state index is 0.0672. The largest absolute Gasteiger partial charge is 0.468 e. The van der Waals surface area contributed by atoms with Crippen molar-refractivity contribution in [3.63, 3.8) is 0 Å². The third-order valence-corrected chi connectivity index (χ3v) is 2.47. The van der Waals surface area contributed by atoms with Crippen LogP contribution in [-0.2, 0) is 9.53 Å². The summed E-state index contributed by atoms with van der Waals surface area (Å²) >= 11 is 0. The van der Waals surface area contributed by atoms with Gasteiger partial charge in [0.2, 0.25) is 0 Å². The van der Waals surface area contributed by atoms with E-state index in [4.69, 9.17) is 0 Å². The summed E-state index contributed by atoms with van der Waals surface area (Å²) < 4.78 is 4.66. The van der Waals surface area contributed by atoms with Gasteiger partial charge in [-0.2, -0.15) is 0 Å². The van der Waals surface area contributed by atoms with Gasteiger partial charge >= 0.3 is 5.97 Å². The number of carbonyl (C=O) groups is 1. The van der Waals surface area contributed by atoms with E-state index in [1.807, 2.05) is 0 Å². The van der Waals surface area contributed by atoms with Crippen LogP contribution in [0.3, 0.4) is 0 Å². The molecule has 70 valence electrons. The van der Waals surface area contributed by atoms with Crippen molar-refractivity contribution in [2.24, 2.45) is 5.92 Å². The molecule has 0 spiro atoms. The smallest absolute Gasteiger partial charge is 0.322 e. The monoisotopic (exact) mass is 171 g/mol. The van der Waals surface area contributed by atoms with Crippen LogP contribution in [-0.4, -0.2) is 25.2 Å². The molecule has 0 aromatic rings. The first-order valence-electron chi connectivity index (χ1n) is 4.49. The van der Waals surface area contributed by atoms with Crippen LogP contribution in [0.25, 0.3) is 0 Å². The van der Waals surface area contributed by atoms with Crippen LogP contribution >= 0.6 is 0 Å². The van der Waals surface area contributed by atoms with Crippen LogP contribution < -0.4 is 5.32 Å². The Bertz CT molecular complexity index is 168. The topological polar surface area (TPSA) is 38.3 Å². The Balaban J connectivity index is 2.40. The quantitative estimate of drug-likeness (QED) is 0.628. The average Bonchev–Trinajstić information content (AvgIpc) is 2.51. The molecule has 1 aliphatic heterocycles. The van der Waals surface area contributed by atoms with E-state index < -0.39 is 0 Å². The van der Waals surface area contributed by atoms with Crippen LogP contribution in [0, 0.1) is 5.92 Å². The van der Waals surface area contributed by atoms with Crippen LogP contribution in [0.15, 0.2) is 0 Å². The second kappa shape index (κ2) is 3.90. The second-order valence-electron chi connectivity index (χ2n) is 3.67. The van der Waals surface area contributed by atoms with Gasteiger partial charge in [0.25, 0.3) is 0 Å². The Morgan fingerprint density at radius 1 is 1.50 bits per heavy atom. The average molecular weight is 171 g/mol. The molecule has 0 amide bonds. The minimum Gasteiger partial charge on any atom is -0.468 e. The van der Waals surface area contributed by atoms with E-state index in [1.54, 1.807) is 0 Å². The lowest BCUT2D eigenvalue weighted by molar-refractivity contribution is -0.142. The van der Waals surface area contributed by atoms with Crippen molar-refractivity contribution in [1.82, 2.24) is 5.32 Å². The van der Waals surface area contributed by atoms with Gasteiger partial charge in [0.1, 0.15) is 6.04 Å². The van der Waals surface area contributed by atoms with Crippen molar-refractivity contribution in [3.8, 4) is 0 Å². The Morgan fingerprint density at radius 3 is 2.58 bits per heavy atom. The molecule has 1 saturated heterocycles. The predicted molar refractivity (Wildman–Crippen MR) is 46.8 cm³/mol. The molecule has 1 fully saturated rings. The van der Waals surface area contributed by atoms with E-state index >= 15 is 0 Å². The van der Waals surface area contributed by atoms with Crippen molar-refractivity contribution >= 4 is 5.97 Å². The van der Waals surface area contributed by atoms with Gasteiger partial charge in [-0.1, -0.05) is 13.8 Å². The van der Waals surface area contributed by atoms with E-state index in [2.05, 4.69) is 23.9 Å². The van der Waals surface area contributed by atoms with Gasteiger partial charge in [0, 0.05) is 6.04 Å². The molecular formula is C9H17NO2. The third-order valence-electron chi connectivity index (χ3n) is 2.47. The molecule has 0 radical (unpaired) electrons. The van der Waals surface area contributed by atoms with E-state index in [0.717, 1.165) is 12.8 Å². The molecule has 0 bridgehead atoms. The van der Waals surface area contributed by atoms with Crippen molar-refractivity contribution in [1.29, 1.82) is 0 Å². The van der Waals surface area contributed by atoms with E-state index in [9.17, 15) is 4.79 Å². The summed E-state index contributed by atoms with van der Waals surface area (Å²) in [6.07, 6.45) is 1.99. The van der Waals surface area contributed by atoms with Gasteiger partial charge < -0.3 is 10.1 Å². The number of rotatable bonds is 2. The predicted octanol–water partition coefficient (Wildman–Crippen LogP) is 0.936. The highest BCUT2D eigenvalue weighted by atomic mass is 16.5. The zero-order valence-corrected chi connectivity index (χ0v) is 7.96. The van der Waals surface area contributed by atoms with Crippen molar-refractivity contribution in [3.05, 3.63) is 0 Å². The molecule has 0 aliphatic carbocycles. The molecule has 1 rings (SSSR count). The summed E-state index contributed by atoms with van der Waals surface area (Å²) in [5.74, 6) is 0.470. The molecule has 2 atom stereocenters. The molecule has 0 aromatic carbocycles. The van der Waals surface area contributed by atoms with Crippen molar-refractivity contribution in [2.45, 2.75) is 38.8 Å². The van der Waals surface area contributed by atoms with Crippen LogP contribution in [0.2, 0.25) is 0 Å². The van der Waals surface area contributed by atoms with Crippen molar-refractivity contribution < 1.29 is 9.53 Å². The molecule has 1 N–H and O–H groups in total. The minimum atomic E-state index is -0.127. The Labute approximate surface area is 73.5 Å². The first kappa shape index (κ1) is 9.52. The SMILES string of the molecule is COC(=O)[C@H]1CC[C@H](C(C)C)N1. The molecule has 3 nitrogen and oxygen atoms in total. The lowest BCUT2D eigenvalue weighted by Crippen LogP contribution is -2.38. The van der Waals surface area contributed by atoms with E-state index in [-0.39, 0.29) is 12.0 Å². The van der Waals surface area contributed by atoms with Crippen LogP contribution in [0.4, 0.5) is 0 Å². The molecular weight excluding hydrogens is 154 g/mol. The second-order valence-corrected chi connectivity index (χ2v) is 3.67. The highest BCUT2D eigenvalue weighted by molar-refractivity contribution is 5.76. The summed E-state index contributed by atoms with van der Waals surface area (Å²) in [4.78, 5) is 11.1. The van der Waals surface area contributed by atoms with Gasteiger partial charge in [-0.15, -0.1) is 0 Å². The highest BCUT2D eigenvalue weighted by Gasteiger charge is 2.30. The number of hydrogen-bond donors (Lipinski definition) is 1. The first-order valence-corrected chi connectivity index (χ1v) is 4.49. The fourth-order valence-electron chi connectivity index (χ4n) is 1.63. The maximum absolute atomic E-state index is 11.1. The third kappa shape index (κ3) is 1.97. The van der Waals surface area contributed by atoms with Gasteiger partial charge in [0.05, 0.1) is 7.11 Å². The zero-order chi connectivity index (χ0) is 9.14. The number of methoxy groups -OCH3 is 1. The standard InChI is InChI=1S/C9H17NO2/c1-6(2)7-4-5-8(10-7)9(11)12-3/h6-8,10H,4-5H2,1-3H3/t7-,8-/m1/s1. The lowest BCUT2D eigenvalue weighted by atomic mass is 10.0. The van der Waals surface area contributed by atoms with Gasteiger partial charge in [-0.3, -0.25) is 4.79 Å². The maximum atomic E-state index is 11.1. The van der Waals surface area contributed by atoms with Gasteiger partial charge in [0.15, 0.2) is 0 Å². The molecule has 1 aliphatic rings. The summed E-state index contributed by atoms with van der Waals surface area (Å²) in [6.45, 7) is 4.33. The lowest BCUT2D eigenvalue weighted by Gasteiger charge is -2.15. The molecule has 0 unspecified atom stereocenters. The zero-order valence-electron chi connectivity index (χ0n) is 7.96. The summed E-state index contributed by atoms with van der Waals surface area (Å²) in [5.41, 5.74) is 0. The summed E-state index contributed by atoms with van der Waals surface area (Å²) in [7, 11) is 1.44. The number of carbonyl (C=O) groups excluding carboxylic acids is 1. The Kier molecular flexibility index (Phi) is 3.09. The first-order chi connectivity index (χ1) is 5.65. The maximum Gasteiger partial charge on any atom is 0.322 e. The highest BCUT2D eigenvalue weighted by Crippen LogP contribution is 2.18. The van der Waals surface area contributed by atoms with Crippen LogP contribution in [0.5, 0.6) is 0 Å². The number of ether oxygens (including phenoxy) is 1. The molecule has 3 heteroatoms. The molecule has 1 heterocycles. The number of hydrogen-bond acceptors (Lipinski definition) is 3. The summed E-state index contributed by atoms with van der Waals surface area (Å²) in [5, 5.41) is 3.27. The van der Waals surface area contributed by atoms with E-state index in [1.165, 1.54) is 7.11 Å². The van der Waals surface area contributed by atoms with E-state index in [0.29, 0.717) is 12.0 Å². The van der Waals surface area contributed by atoms with Crippen LogP contribution in [0.1, 0.15) is 26.7 Å².